The monoisotopic (exact) mass is 440 g/mol. The zero-order valence-electron chi connectivity index (χ0n) is 15.7. The zero-order valence-corrected chi connectivity index (χ0v) is 17.2. The van der Waals surface area contributed by atoms with Crippen molar-refractivity contribution in [2.45, 2.75) is 6.92 Å². The van der Waals surface area contributed by atoms with E-state index in [0.29, 0.717) is 27.1 Å². The SMILES string of the molecule is Cc1ccc(Cl)cc1-n1nc(C(=O)Nc2ccccc2F)nc1-c1cccc(Cl)c1. The summed E-state index contributed by atoms with van der Waals surface area (Å²) < 4.78 is 15.5. The number of amides is 1. The lowest BCUT2D eigenvalue weighted by molar-refractivity contribution is 0.101. The van der Waals surface area contributed by atoms with Crippen LogP contribution in [0.3, 0.4) is 0 Å². The van der Waals surface area contributed by atoms with Gasteiger partial charge in [-0.2, -0.15) is 0 Å². The second kappa shape index (κ2) is 8.26. The van der Waals surface area contributed by atoms with E-state index in [0.717, 1.165) is 5.56 Å². The van der Waals surface area contributed by atoms with Gasteiger partial charge in [0, 0.05) is 15.6 Å². The minimum atomic E-state index is -0.637. The van der Waals surface area contributed by atoms with E-state index in [1.54, 1.807) is 36.4 Å². The Labute approximate surface area is 182 Å². The number of para-hydroxylation sites is 1. The molecule has 1 N–H and O–H groups in total. The minimum Gasteiger partial charge on any atom is -0.317 e. The molecule has 30 heavy (non-hydrogen) atoms. The van der Waals surface area contributed by atoms with Gasteiger partial charge in [0.15, 0.2) is 5.82 Å². The van der Waals surface area contributed by atoms with Gasteiger partial charge in [0.05, 0.1) is 11.4 Å². The maximum absolute atomic E-state index is 13.9. The zero-order chi connectivity index (χ0) is 21.3. The number of nitrogens with one attached hydrogen (secondary N) is 1. The number of hydrogen-bond donors (Lipinski definition) is 1. The number of benzene rings is 3. The fraction of sp³-hybridized carbons (Fsp3) is 0.0455. The number of nitrogens with zero attached hydrogens (tertiary/aromatic N) is 3. The molecule has 8 heteroatoms. The molecule has 1 amide bonds. The van der Waals surface area contributed by atoms with Crippen LogP contribution in [-0.2, 0) is 0 Å². The lowest BCUT2D eigenvalue weighted by Crippen LogP contribution is -2.15. The van der Waals surface area contributed by atoms with E-state index in [4.69, 9.17) is 23.2 Å². The van der Waals surface area contributed by atoms with Crippen molar-refractivity contribution in [3.63, 3.8) is 0 Å². The Kier molecular flexibility index (Phi) is 5.53. The van der Waals surface area contributed by atoms with E-state index >= 15 is 0 Å². The number of aromatic nitrogens is 3. The molecule has 150 valence electrons. The van der Waals surface area contributed by atoms with Crippen molar-refractivity contribution < 1.29 is 9.18 Å². The van der Waals surface area contributed by atoms with Crippen LogP contribution in [0.15, 0.2) is 66.7 Å². The maximum Gasteiger partial charge on any atom is 0.295 e. The Morgan fingerprint density at radius 3 is 2.53 bits per heavy atom. The molecule has 0 aliphatic heterocycles. The first-order valence-corrected chi connectivity index (χ1v) is 9.73. The molecule has 0 aliphatic carbocycles. The van der Waals surface area contributed by atoms with Gasteiger partial charge in [-0.05, 0) is 48.9 Å². The Morgan fingerprint density at radius 2 is 1.77 bits per heavy atom. The fourth-order valence-corrected chi connectivity index (χ4v) is 3.30. The van der Waals surface area contributed by atoms with E-state index in [2.05, 4.69) is 15.4 Å². The van der Waals surface area contributed by atoms with Crippen molar-refractivity contribution >= 4 is 34.8 Å². The standard InChI is InChI=1S/C22H15Cl2FN4O/c1-13-9-10-16(24)12-19(13)29-21(14-5-4-6-15(23)11-14)27-20(28-29)22(30)26-18-8-3-2-7-17(18)25/h2-12H,1H3,(H,26,30). The van der Waals surface area contributed by atoms with Crippen LogP contribution in [0.2, 0.25) is 10.0 Å². The first kappa shape index (κ1) is 20.1. The second-order valence-corrected chi connectivity index (χ2v) is 7.42. The highest BCUT2D eigenvalue weighted by Crippen LogP contribution is 2.27. The molecule has 0 fully saturated rings. The van der Waals surface area contributed by atoms with Gasteiger partial charge in [0.2, 0.25) is 5.82 Å². The highest BCUT2D eigenvalue weighted by Gasteiger charge is 2.21. The van der Waals surface area contributed by atoms with E-state index in [1.165, 1.54) is 22.9 Å². The molecule has 0 radical (unpaired) electrons. The van der Waals surface area contributed by atoms with Crippen molar-refractivity contribution in [2.75, 3.05) is 5.32 Å². The lowest BCUT2D eigenvalue weighted by atomic mass is 10.2. The minimum absolute atomic E-state index is 0.0436. The number of rotatable bonds is 4. The Morgan fingerprint density at radius 1 is 1.00 bits per heavy atom. The van der Waals surface area contributed by atoms with Crippen LogP contribution in [-0.4, -0.2) is 20.7 Å². The molecule has 1 aromatic heterocycles. The van der Waals surface area contributed by atoms with Crippen LogP contribution in [0.25, 0.3) is 17.1 Å². The summed E-state index contributed by atoms with van der Waals surface area (Å²) in [6.45, 7) is 1.90. The van der Waals surface area contributed by atoms with Crippen LogP contribution in [0.1, 0.15) is 16.2 Å². The van der Waals surface area contributed by atoms with Gasteiger partial charge in [-0.1, -0.05) is 53.5 Å². The maximum atomic E-state index is 13.9. The lowest BCUT2D eigenvalue weighted by Gasteiger charge is -2.09. The highest BCUT2D eigenvalue weighted by atomic mass is 35.5. The van der Waals surface area contributed by atoms with Gasteiger partial charge in [0.1, 0.15) is 5.82 Å². The summed E-state index contributed by atoms with van der Waals surface area (Å²) in [6.07, 6.45) is 0. The number of halogens is 3. The van der Waals surface area contributed by atoms with Gasteiger partial charge in [0.25, 0.3) is 5.91 Å². The second-order valence-electron chi connectivity index (χ2n) is 6.55. The van der Waals surface area contributed by atoms with Crippen LogP contribution in [0.5, 0.6) is 0 Å². The first-order valence-electron chi connectivity index (χ1n) is 8.98. The average Bonchev–Trinajstić information content (AvgIpc) is 3.17. The van der Waals surface area contributed by atoms with Gasteiger partial charge < -0.3 is 5.32 Å². The highest BCUT2D eigenvalue weighted by molar-refractivity contribution is 6.31. The molecule has 0 saturated carbocycles. The normalized spacial score (nSPS) is 10.8. The molecule has 1 heterocycles. The molecule has 0 bridgehead atoms. The van der Waals surface area contributed by atoms with Crippen molar-refractivity contribution in [3.8, 4) is 17.1 Å². The van der Waals surface area contributed by atoms with E-state index < -0.39 is 11.7 Å². The molecule has 0 spiro atoms. The summed E-state index contributed by atoms with van der Waals surface area (Å²) >= 11 is 12.3. The molecule has 4 rings (SSSR count). The number of hydrogen-bond acceptors (Lipinski definition) is 3. The summed E-state index contributed by atoms with van der Waals surface area (Å²) in [5.74, 6) is -0.901. The van der Waals surface area contributed by atoms with Crippen LogP contribution >= 0.6 is 23.2 Å². The Balaban J connectivity index is 1.83. The summed E-state index contributed by atoms with van der Waals surface area (Å²) in [6, 6.07) is 18.3. The molecule has 3 aromatic carbocycles. The third-order valence-electron chi connectivity index (χ3n) is 4.41. The van der Waals surface area contributed by atoms with Gasteiger partial charge in [-0.15, -0.1) is 5.10 Å². The molecule has 0 atom stereocenters. The first-order chi connectivity index (χ1) is 14.4. The largest absolute Gasteiger partial charge is 0.317 e. The van der Waals surface area contributed by atoms with Gasteiger partial charge >= 0.3 is 0 Å². The Hall–Kier alpha value is -3.22. The number of carbonyl (C=O) groups excluding carboxylic acids is 1. The number of anilines is 1. The Bertz CT molecular complexity index is 1260. The summed E-state index contributed by atoms with van der Waals surface area (Å²) in [7, 11) is 0. The fourth-order valence-electron chi connectivity index (χ4n) is 2.94. The van der Waals surface area contributed by atoms with E-state index in [1.807, 2.05) is 19.1 Å². The molecular weight excluding hydrogens is 426 g/mol. The number of carbonyl (C=O) groups is 1. The molecular formula is C22H15Cl2FN4O. The van der Waals surface area contributed by atoms with Crippen LogP contribution < -0.4 is 5.32 Å². The molecule has 5 nitrogen and oxygen atoms in total. The topological polar surface area (TPSA) is 59.8 Å². The molecule has 0 saturated heterocycles. The summed E-state index contributed by atoms with van der Waals surface area (Å²) in [5, 5.41) is 7.92. The predicted octanol–water partition coefficient (Wildman–Crippen LogP) is 5.94. The van der Waals surface area contributed by atoms with Crippen molar-refractivity contribution in [2.24, 2.45) is 0 Å². The van der Waals surface area contributed by atoms with Gasteiger partial charge in [-0.3, -0.25) is 4.79 Å². The van der Waals surface area contributed by atoms with Crippen LogP contribution in [0.4, 0.5) is 10.1 Å². The quantitative estimate of drug-likeness (QED) is 0.426. The summed E-state index contributed by atoms with van der Waals surface area (Å²) in [5.41, 5.74) is 2.25. The van der Waals surface area contributed by atoms with Gasteiger partial charge in [-0.25, -0.2) is 14.1 Å². The molecule has 0 unspecified atom stereocenters. The van der Waals surface area contributed by atoms with Crippen molar-refractivity contribution in [1.82, 2.24) is 14.8 Å². The van der Waals surface area contributed by atoms with Crippen molar-refractivity contribution in [3.05, 3.63) is 94.0 Å². The van der Waals surface area contributed by atoms with Crippen LogP contribution in [0, 0.1) is 12.7 Å². The number of aryl methyl sites for hydroxylation is 1. The molecule has 0 aliphatic rings. The predicted molar refractivity (Wildman–Crippen MR) is 116 cm³/mol. The smallest absolute Gasteiger partial charge is 0.295 e. The van der Waals surface area contributed by atoms with Crippen molar-refractivity contribution in [1.29, 1.82) is 0 Å². The summed E-state index contributed by atoms with van der Waals surface area (Å²) in [4.78, 5) is 17.2. The van der Waals surface area contributed by atoms with E-state index in [-0.39, 0.29) is 11.5 Å². The van der Waals surface area contributed by atoms with E-state index in [9.17, 15) is 9.18 Å². The average molecular weight is 441 g/mol. The molecule has 4 aromatic rings. The third-order valence-corrected chi connectivity index (χ3v) is 4.88. The third kappa shape index (κ3) is 4.06.